The average molecular weight is 355 g/mol. The average Bonchev–Trinajstić information content (AvgIpc) is 3.13. The summed E-state index contributed by atoms with van der Waals surface area (Å²) in [7, 11) is 0. The Morgan fingerprint density at radius 1 is 1.31 bits per heavy atom. The van der Waals surface area contributed by atoms with Crippen molar-refractivity contribution in [1.82, 2.24) is 24.8 Å². The van der Waals surface area contributed by atoms with Gasteiger partial charge in [0.2, 0.25) is 0 Å². The number of hydrogen-bond donors (Lipinski definition) is 0. The maximum absolute atomic E-state index is 12.4. The Kier molecular flexibility index (Phi) is 6.04. The molecule has 0 radical (unpaired) electrons. The largest absolute Gasteiger partial charge is 0.338 e. The highest BCUT2D eigenvalue weighted by molar-refractivity contribution is 5.91. The zero-order valence-corrected chi connectivity index (χ0v) is 16.1. The van der Waals surface area contributed by atoms with Gasteiger partial charge >= 0.3 is 0 Å². The lowest BCUT2D eigenvalue weighted by Crippen LogP contribution is -2.36. The van der Waals surface area contributed by atoms with Crippen LogP contribution in [0.15, 0.2) is 30.5 Å². The van der Waals surface area contributed by atoms with Crippen LogP contribution in [0.3, 0.4) is 0 Å². The first-order valence-corrected chi connectivity index (χ1v) is 9.59. The van der Waals surface area contributed by atoms with Gasteiger partial charge in [-0.3, -0.25) is 9.69 Å². The number of benzene rings is 1. The molecule has 1 amide bonds. The lowest BCUT2D eigenvalue weighted by molar-refractivity contribution is 0.0767. The Balaban J connectivity index is 1.65. The monoisotopic (exact) mass is 355 g/mol. The zero-order chi connectivity index (χ0) is 18.5. The Morgan fingerprint density at radius 2 is 2.12 bits per heavy atom. The van der Waals surface area contributed by atoms with E-state index in [1.165, 1.54) is 11.1 Å². The number of likely N-dealkylation sites (tertiary alicyclic amines) is 1. The second-order valence-corrected chi connectivity index (χ2v) is 7.08. The van der Waals surface area contributed by atoms with E-state index >= 15 is 0 Å². The molecule has 0 saturated carbocycles. The number of hydrogen-bond acceptors (Lipinski definition) is 4. The summed E-state index contributed by atoms with van der Waals surface area (Å²) in [6.07, 6.45) is 4.03. The predicted molar refractivity (Wildman–Crippen MR) is 102 cm³/mol. The SMILES string of the molecule is CCN(CC)C(=O)c1cn(C2CCCN(Cc3cccc(C)c3)C2)nn1. The van der Waals surface area contributed by atoms with E-state index in [-0.39, 0.29) is 11.9 Å². The maximum Gasteiger partial charge on any atom is 0.276 e. The summed E-state index contributed by atoms with van der Waals surface area (Å²) >= 11 is 0. The molecule has 1 saturated heterocycles. The zero-order valence-electron chi connectivity index (χ0n) is 16.1. The van der Waals surface area contributed by atoms with Gasteiger partial charge in [-0.25, -0.2) is 4.68 Å². The van der Waals surface area contributed by atoms with E-state index in [1.54, 1.807) is 4.90 Å². The van der Waals surface area contributed by atoms with E-state index in [0.717, 1.165) is 32.5 Å². The van der Waals surface area contributed by atoms with Crippen LogP contribution in [-0.4, -0.2) is 56.9 Å². The molecule has 1 aromatic heterocycles. The minimum atomic E-state index is -0.0336. The molecular formula is C20H29N5O. The first kappa shape index (κ1) is 18.6. The van der Waals surface area contributed by atoms with Gasteiger partial charge in [-0.15, -0.1) is 5.10 Å². The fraction of sp³-hybridized carbons (Fsp3) is 0.550. The summed E-state index contributed by atoms with van der Waals surface area (Å²) in [6, 6.07) is 8.97. The van der Waals surface area contributed by atoms with Gasteiger partial charge in [0.25, 0.3) is 5.91 Å². The molecule has 26 heavy (non-hydrogen) atoms. The number of carbonyl (C=O) groups excluding carboxylic acids is 1. The topological polar surface area (TPSA) is 54.3 Å². The highest BCUT2D eigenvalue weighted by Gasteiger charge is 2.24. The second kappa shape index (κ2) is 8.45. The third kappa shape index (κ3) is 4.30. The summed E-state index contributed by atoms with van der Waals surface area (Å²) in [6.45, 7) is 10.5. The standard InChI is InChI=1S/C20H29N5O/c1-4-24(5-2)20(26)19-15-25(22-21-19)18-10-7-11-23(14-18)13-17-9-6-8-16(3)12-17/h6,8-9,12,15,18H,4-5,7,10-11,13-14H2,1-3H3. The Morgan fingerprint density at radius 3 is 2.85 bits per heavy atom. The number of aryl methyl sites for hydroxylation is 1. The van der Waals surface area contributed by atoms with E-state index in [9.17, 15) is 4.79 Å². The predicted octanol–water partition coefficient (Wildman–Crippen LogP) is 2.91. The molecule has 2 aromatic rings. The van der Waals surface area contributed by atoms with Crippen LogP contribution in [0.1, 0.15) is 54.3 Å². The van der Waals surface area contributed by atoms with Crippen molar-refractivity contribution in [2.45, 2.75) is 46.2 Å². The number of nitrogens with zero attached hydrogens (tertiary/aromatic N) is 5. The molecule has 0 bridgehead atoms. The fourth-order valence-corrected chi connectivity index (χ4v) is 3.69. The van der Waals surface area contributed by atoms with Crippen molar-refractivity contribution in [2.24, 2.45) is 0 Å². The molecule has 0 aliphatic carbocycles. The minimum absolute atomic E-state index is 0.0336. The smallest absolute Gasteiger partial charge is 0.276 e. The maximum atomic E-state index is 12.4. The molecule has 2 heterocycles. The molecule has 0 N–H and O–H groups in total. The van der Waals surface area contributed by atoms with Crippen LogP contribution in [0.4, 0.5) is 0 Å². The molecule has 140 valence electrons. The Hall–Kier alpha value is -2.21. The highest BCUT2D eigenvalue weighted by Crippen LogP contribution is 2.22. The second-order valence-electron chi connectivity index (χ2n) is 7.08. The molecular weight excluding hydrogens is 326 g/mol. The normalized spacial score (nSPS) is 18.0. The van der Waals surface area contributed by atoms with Crippen LogP contribution in [0, 0.1) is 6.92 Å². The fourth-order valence-electron chi connectivity index (χ4n) is 3.69. The quantitative estimate of drug-likeness (QED) is 0.799. The molecule has 1 unspecified atom stereocenters. The van der Waals surface area contributed by atoms with Crippen LogP contribution in [0.25, 0.3) is 0 Å². The van der Waals surface area contributed by atoms with Crippen molar-refractivity contribution in [2.75, 3.05) is 26.2 Å². The number of amides is 1. The molecule has 1 aliphatic rings. The summed E-state index contributed by atoms with van der Waals surface area (Å²) in [5, 5.41) is 8.39. The van der Waals surface area contributed by atoms with Crippen molar-refractivity contribution in [1.29, 1.82) is 0 Å². The van der Waals surface area contributed by atoms with Crippen LogP contribution < -0.4 is 0 Å². The molecule has 1 aromatic carbocycles. The van der Waals surface area contributed by atoms with Gasteiger partial charge in [-0.1, -0.05) is 35.0 Å². The van der Waals surface area contributed by atoms with Crippen molar-refractivity contribution >= 4 is 5.91 Å². The van der Waals surface area contributed by atoms with Gasteiger partial charge in [-0.05, 0) is 45.7 Å². The third-order valence-corrected chi connectivity index (χ3v) is 5.12. The first-order valence-electron chi connectivity index (χ1n) is 9.59. The lowest BCUT2D eigenvalue weighted by Gasteiger charge is -2.32. The molecule has 0 spiro atoms. The summed E-state index contributed by atoms with van der Waals surface area (Å²) < 4.78 is 1.89. The summed E-state index contributed by atoms with van der Waals surface area (Å²) in [5.41, 5.74) is 3.10. The summed E-state index contributed by atoms with van der Waals surface area (Å²) in [4.78, 5) is 16.7. The van der Waals surface area contributed by atoms with Gasteiger partial charge in [0, 0.05) is 26.2 Å². The van der Waals surface area contributed by atoms with E-state index in [2.05, 4.69) is 46.4 Å². The highest BCUT2D eigenvalue weighted by atomic mass is 16.2. The number of aromatic nitrogens is 3. The van der Waals surface area contributed by atoms with Crippen molar-refractivity contribution in [3.05, 3.63) is 47.3 Å². The van der Waals surface area contributed by atoms with Crippen LogP contribution >= 0.6 is 0 Å². The Bertz CT molecular complexity index is 737. The van der Waals surface area contributed by atoms with Crippen molar-refractivity contribution in [3.8, 4) is 0 Å². The van der Waals surface area contributed by atoms with Gasteiger partial charge < -0.3 is 4.90 Å². The molecule has 6 nitrogen and oxygen atoms in total. The van der Waals surface area contributed by atoms with Gasteiger partial charge in [0.1, 0.15) is 0 Å². The van der Waals surface area contributed by atoms with Crippen LogP contribution in [-0.2, 0) is 6.54 Å². The molecule has 3 rings (SSSR count). The van der Waals surface area contributed by atoms with E-state index in [4.69, 9.17) is 0 Å². The molecule has 6 heteroatoms. The summed E-state index contributed by atoms with van der Waals surface area (Å²) in [5.74, 6) is -0.0336. The van der Waals surface area contributed by atoms with Crippen LogP contribution in [0.2, 0.25) is 0 Å². The van der Waals surface area contributed by atoms with Crippen molar-refractivity contribution < 1.29 is 4.79 Å². The number of carbonyl (C=O) groups is 1. The van der Waals surface area contributed by atoms with Gasteiger partial charge in [0.15, 0.2) is 5.69 Å². The molecule has 1 atom stereocenters. The molecule has 1 fully saturated rings. The molecule has 1 aliphatic heterocycles. The number of rotatable bonds is 6. The van der Waals surface area contributed by atoms with E-state index in [0.29, 0.717) is 18.8 Å². The lowest BCUT2D eigenvalue weighted by atomic mass is 10.0. The van der Waals surface area contributed by atoms with Gasteiger partial charge in [-0.2, -0.15) is 0 Å². The number of piperidine rings is 1. The van der Waals surface area contributed by atoms with Crippen LogP contribution in [0.5, 0.6) is 0 Å². The van der Waals surface area contributed by atoms with Crippen molar-refractivity contribution in [3.63, 3.8) is 0 Å². The van der Waals surface area contributed by atoms with E-state index < -0.39 is 0 Å². The first-order chi connectivity index (χ1) is 12.6. The minimum Gasteiger partial charge on any atom is -0.338 e. The Labute approximate surface area is 155 Å². The third-order valence-electron chi connectivity index (χ3n) is 5.12. The van der Waals surface area contributed by atoms with Gasteiger partial charge in [0.05, 0.1) is 12.2 Å². The van der Waals surface area contributed by atoms with E-state index in [1.807, 2.05) is 24.7 Å².